The molecule has 0 amide bonds. The van der Waals surface area contributed by atoms with Gasteiger partial charge >= 0.3 is 0 Å². The van der Waals surface area contributed by atoms with E-state index in [-0.39, 0.29) is 5.82 Å². The fourth-order valence-corrected chi connectivity index (χ4v) is 3.01. The van der Waals surface area contributed by atoms with Crippen LogP contribution in [0.5, 0.6) is 5.75 Å². The predicted molar refractivity (Wildman–Crippen MR) is 69.6 cm³/mol. The molecule has 1 heterocycles. The minimum Gasteiger partial charge on any atom is -0.495 e. The molecule has 1 aromatic rings. The third kappa shape index (κ3) is 2.75. The molecular formula is C13H18FNOS. The zero-order valence-electron chi connectivity index (χ0n) is 10.3. The summed E-state index contributed by atoms with van der Waals surface area (Å²) in [4.78, 5) is 0.890. The molecule has 0 saturated carbocycles. The Labute approximate surface area is 106 Å². The van der Waals surface area contributed by atoms with Crippen LogP contribution in [0.15, 0.2) is 17.0 Å². The fourth-order valence-electron chi connectivity index (χ4n) is 2.40. The van der Waals surface area contributed by atoms with E-state index < -0.39 is 0 Å². The maximum Gasteiger partial charge on any atom is 0.136 e. The van der Waals surface area contributed by atoms with Crippen LogP contribution in [0, 0.1) is 5.82 Å². The van der Waals surface area contributed by atoms with Gasteiger partial charge in [0.15, 0.2) is 0 Å². The summed E-state index contributed by atoms with van der Waals surface area (Å²) in [7, 11) is 1.66. The van der Waals surface area contributed by atoms with Crippen molar-refractivity contribution in [3.63, 3.8) is 0 Å². The lowest BCUT2D eigenvalue weighted by atomic mass is 9.89. The average molecular weight is 255 g/mol. The summed E-state index contributed by atoms with van der Waals surface area (Å²) in [5.74, 6) is 1.10. The number of piperidine rings is 1. The van der Waals surface area contributed by atoms with Crippen molar-refractivity contribution in [2.45, 2.75) is 23.7 Å². The van der Waals surface area contributed by atoms with Crippen LogP contribution in [-0.4, -0.2) is 26.5 Å². The predicted octanol–water partition coefficient (Wildman–Crippen LogP) is 3.02. The second kappa shape index (κ2) is 5.74. The van der Waals surface area contributed by atoms with E-state index in [2.05, 4.69) is 5.32 Å². The maximum atomic E-state index is 13.6. The summed E-state index contributed by atoms with van der Waals surface area (Å²) in [6.07, 6.45) is 4.05. The topological polar surface area (TPSA) is 21.3 Å². The Morgan fingerprint density at radius 2 is 2.06 bits per heavy atom. The molecule has 1 aliphatic heterocycles. The van der Waals surface area contributed by atoms with Gasteiger partial charge in [-0.05, 0) is 50.2 Å². The summed E-state index contributed by atoms with van der Waals surface area (Å²) < 4.78 is 19.1. The Hall–Kier alpha value is -0.740. The molecule has 2 nitrogen and oxygen atoms in total. The number of hydrogen-bond acceptors (Lipinski definition) is 3. The first-order valence-electron chi connectivity index (χ1n) is 5.88. The SMILES string of the molecule is COc1c(SC)cc(F)cc1C1CCNCC1. The van der Waals surface area contributed by atoms with Gasteiger partial charge in [0.1, 0.15) is 11.6 Å². The molecule has 0 aliphatic carbocycles. The molecule has 94 valence electrons. The van der Waals surface area contributed by atoms with E-state index >= 15 is 0 Å². The molecule has 1 aliphatic rings. The Kier molecular flexibility index (Phi) is 4.29. The number of thioether (sulfide) groups is 1. The second-order valence-corrected chi connectivity index (χ2v) is 5.10. The summed E-state index contributed by atoms with van der Waals surface area (Å²) >= 11 is 1.53. The third-order valence-electron chi connectivity index (χ3n) is 3.25. The molecule has 2 rings (SSSR count). The lowest BCUT2D eigenvalue weighted by Gasteiger charge is -2.25. The van der Waals surface area contributed by atoms with Gasteiger partial charge in [-0.2, -0.15) is 0 Å². The van der Waals surface area contributed by atoms with Crippen LogP contribution in [0.25, 0.3) is 0 Å². The number of ether oxygens (including phenoxy) is 1. The van der Waals surface area contributed by atoms with Gasteiger partial charge in [0.2, 0.25) is 0 Å². The lowest BCUT2D eigenvalue weighted by molar-refractivity contribution is 0.380. The zero-order chi connectivity index (χ0) is 12.3. The van der Waals surface area contributed by atoms with Gasteiger partial charge in [-0.1, -0.05) is 0 Å². The monoisotopic (exact) mass is 255 g/mol. The molecular weight excluding hydrogens is 237 g/mol. The molecule has 1 saturated heterocycles. The normalized spacial score (nSPS) is 17.1. The number of benzene rings is 1. The molecule has 0 atom stereocenters. The van der Waals surface area contributed by atoms with Crippen molar-refractivity contribution in [1.29, 1.82) is 0 Å². The minimum absolute atomic E-state index is 0.163. The van der Waals surface area contributed by atoms with Crippen LogP contribution >= 0.6 is 11.8 Å². The standard InChI is InChI=1S/C13H18FNOS/c1-16-13-11(9-3-5-15-6-4-9)7-10(14)8-12(13)17-2/h7-9,15H,3-6H2,1-2H3. The van der Waals surface area contributed by atoms with E-state index in [0.29, 0.717) is 5.92 Å². The van der Waals surface area contributed by atoms with Crippen molar-refractivity contribution >= 4 is 11.8 Å². The van der Waals surface area contributed by atoms with Gasteiger partial charge in [0, 0.05) is 5.56 Å². The maximum absolute atomic E-state index is 13.6. The third-order valence-corrected chi connectivity index (χ3v) is 3.99. The molecule has 17 heavy (non-hydrogen) atoms. The number of halogens is 1. The van der Waals surface area contributed by atoms with Crippen molar-refractivity contribution in [3.8, 4) is 5.75 Å². The first-order chi connectivity index (χ1) is 8.26. The smallest absolute Gasteiger partial charge is 0.136 e. The Morgan fingerprint density at radius 1 is 1.35 bits per heavy atom. The van der Waals surface area contributed by atoms with E-state index in [1.54, 1.807) is 19.2 Å². The van der Waals surface area contributed by atoms with Crippen molar-refractivity contribution in [3.05, 3.63) is 23.5 Å². The number of rotatable bonds is 3. The van der Waals surface area contributed by atoms with E-state index in [0.717, 1.165) is 42.1 Å². The fraction of sp³-hybridized carbons (Fsp3) is 0.538. The van der Waals surface area contributed by atoms with Crippen molar-refractivity contribution in [2.24, 2.45) is 0 Å². The first-order valence-corrected chi connectivity index (χ1v) is 7.11. The van der Waals surface area contributed by atoms with Crippen LogP contribution in [0.2, 0.25) is 0 Å². The van der Waals surface area contributed by atoms with Gasteiger partial charge in [-0.15, -0.1) is 11.8 Å². The average Bonchev–Trinajstić information content (AvgIpc) is 2.38. The highest BCUT2D eigenvalue weighted by atomic mass is 32.2. The summed E-state index contributed by atoms with van der Waals surface area (Å²) in [6.45, 7) is 2.00. The van der Waals surface area contributed by atoms with Gasteiger partial charge in [0.25, 0.3) is 0 Å². The highest BCUT2D eigenvalue weighted by molar-refractivity contribution is 7.98. The first kappa shape index (κ1) is 12.7. The molecule has 0 unspecified atom stereocenters. The van der Waals surface area contributed by atoms with Crippen LogP contribution < -0.4 is 10.1 Å². The van der Waals surface area contributed by atoms with Crippen LogP contribution in [-0.2, 0) is 0 Å². The zero-order valence-corrected chi connectivity index (χ0v) is 11.1. The highest BCUT2D eigenvalue weighted by Gasteiger charge is 2.21. The number of methoxy groups -OCH3 is 1. The van der Waals surface area contributed by atoms with Crippen LogP contribution in [0.1, 0.15) is 24.3 Å². The Bertz CT molecular complexity index is 391. The Morgan fingerprint density at radius 3 is 2.65 bits per heavy atom. The van der Waals surface area contributed by atoms with Crippen LogP contribution in [0.4, 0.5) is 4.39 Å². The molecule has 0 aromatic heterocycles. The van der Waals surface area contributed by atoms with Crippen LogP contribution in [0.3, 0.4) is 0 Å². The minimum atomic E-state index is -0.163. The second-order valence-electron chi connectivity index (χ2n) is 4.25. The molecule has 0 spiro atoms. The summed E-state index contributed by atoms with van der Waals surface area (Å²) in [5, 5.41) is 3.33. The highest BCUT2D eigenvalue weighted by Crippen LogP contribution is 2.39. The van der Waals surface area contributed by atoms with Gasteiger partial charge in [-0.3, -0.25) is 0 Å². The summed E-state index contributed by atoms with van der Waals surface area (Å²) in [6, 6.07) is 3.18. The summed E-state index contributed by atoms with van der Waals surface area (Å²) in [5.41, 5.74) is 1.03. The molecule has 1 N–H and O–H groups in total. The molecule has 1 aromatic carbocycles. The Balaban J connectivity index is 2.39. The number of nitrogens with one attached hydrogen (secondary N) is 1. The molecule has 1 fully saturated rings. The van der Waals surface area contributed by atoms with Crippen molar-refractivity contribution in [2.75, 3.05) is 26.5 Å². The number of hydrogen-bond donors (Lipinski definition) is 1. The van der Waals surface area contributed by atoms with E-state index in [4.69, 9.17) is 4.74 Å². The van der Waals surface area contributed by atoms with E-state index in [9.17, 15) is 4.39 Å². The quantitative estimate of drug-likeness (QED) is 0.839. The van der Waals surface area contributed by atoms with Crippen molar-refractivity contribution in [1.82, 2.24) is 5.32 Å². The van der Waals surface area contributed by atoms with Crippen molar-refractivity contribution < 1.29 is 9.13 Å². The van der Waals surface area contributed by atoms with E-state index in [1.165, 1.54) is 11.8 Å². The largest absolute Gasteiger partial charge is 0.495 e. The molecule has 0 bridgehead atoms. The molecule has 0 radical (unpaired) electrons. The van der Waals surface area contributed by atoms with E-state index in [1.807, 2.05) is 6.26 Å². The van der Waals surface area contributed by atoms with Gasteiger partial charge < -0.3 is 10.1 Å². The molecule has 4 heteroatoms. The van der Waals surface area contributed by atoms with Gasteiger partial charge in [-0.25, -0.2) is 4.39 Å². The van der Waals surface area contributed by atoms with Gasteiger partial charge in [0.05, 0.1) is 12.0 Å². The lowest BCUT2D eigenvalue weighted by Crippen LogP contribution is -2.27.